The minimum absolute atomic E-state index is 0.00324. The zero-order valence-electron chi connectivity index (χ0n) is 11.4. The molecule has 3 N–H and O–H groups in total. The van der Waals surface area contributed by atoms with Crippen LogP contribution in [0, 0.1) is 0 Å². The van der Waals surface area contributed by atoms with Gasteiger partial charge in [-0.25, -0.2) is 0 Å². The van der Waals surface area contributed by atoms with E-state index in [1.54, 1.807) is 37.3 Å². The molecule has 0 spiro atoms. The van der Waals surface area contributed by atoms with E-state index in [4.69, 9.17) is 0 Å². The van der Waals surface area contributed by atoms with Crippen molar-refractivity contribution in [2.75, 3.05) is 10.6 Å². The maximum atomic E-state index is 11.4. The normalized spacial score (nSPS) is 10.3. The Balaban J connectivity index is 2.51. The largest absolute Gasteiger partial charge is 0.505 e. The monoisotopic (exact) mass is 272 g/mol. The Morgan fingerprint density at radius 2 is 1.80 bits per heavy atom. The number of amides is 2. The second-order valence-electron chi connectivity index (χ2n) is 4.45. The van der Waals surface area contributed by atoms with E-state index >= 15 is 0 Å². The van der Waals surface area contributed by atoms with Crippen LogP contribution in [0.25, 0.3) is 10.8 Å². The summed E-state index contributed by atoms with van der Waals surface area (Å²) in [5, 5.41) is 16.9. The van der Waals surface area contributed by atoms with Crippen molar-refractivity contribution in [2.45, 2.75) is 20.3 Å². The van der Waals surface area contributed by atoms with E-state index in [2.05, 4.69) is 10.6 Å². The van der Waals surface area contributed by atoms with Gasteiger partial charge in [-0.15, -0.1) is 0 Å². The summed E-state index contributed by atoms with van der Waals surface area (Å²) in [4.78, 5) is 22.6. The van der Waals surface area contributed by atoms with Gasteiger partial charge < -0.3 is 15.7 Å². The molecular formula is C15H16N2O3. The Bertz CT molecular complexity index is 680. The molecule has 0 bridgehead atoms. The van der Waals surface area contributed by atoms with Gasteiger partial charge in [0.1, 0.15) is 5.75 Å². The first-order chi connectivity index (χ1) is 9.52. The highest BCUT2D eigenvalue weighted by Crippen LogP contribution is 2.36. The quantitative estimate of drug-likeness (QED) is 0.752. The highest BCUT2D eigenvalue weighted by molar-refractivity contribution is 6.06. The fourth-order valence-electron chi connectivity index (χ4n) is 1.98. The van der Waals surface area contributed by atoms with Gasteiger partial charge in [-0.1, -0.05) is 19.1 Å². The molecule has 0 aliphatic rings. The molecule has 2 aromatic rings. The number of carbonyl (C=O) groups excluding carboxylic acids is 2. The molecule has 104 valence electrons. The summed E-state index contributed by atoms with van der Waals surface area (Å²) in [5.41, 5.74) is 0.989. The molecule has 5 nitrogen and oxygen atoms in total. The molecule has 0 heterocycles. The fraction of sp³-hybridized carbons (Fsp3) is 0.200. The van der Waals surface area contributed by atoms with E-state index in [9.17, 15) is 14.7 Å². The number of phenolic OH excluding ortho intramolecular Hbond substituents is 1. The van der Waals surface area contributed by atoms with Gasteiger partial charge >= 0.3 is 0 Å². The Kier molecular flexibility index (Phi) is 3.89. The number of hydrogen-bond donors (Lipinski definition) is 3. The second-order valence-corrected chi connectivity index (χ2v) is 4.45. The summed E-state index contributed by atoms with van der Waals surface area (Å²) >= 11 is 0. The van der Waals surface area contributed by atoms with Gasteiger partial charge in [0.25, 0.3) is 0 Å². The van der Waals surface area contributed by atoms with Crippen molar-refractivity contribution in [3.05, 3.63) is 30.3 Å². The zero-order chi connectivity index (χ0) is 14.7. The summed E-state index contributed by atoms with van der Waals surface area (Å²) in [5.74, 6) is -0.352. The van der Waals surface area contributed by atoms with Crippen LogP contribution in [0.5, 0.6) is 5.75 Å². The highest BCUT2D eigenvalue weighted by atomic mass is 16.3. The Labute approximate surface area is 116 Å². The minimum Gasteiger partial charge on any atom is -0.505 e. The summed E-state index contributed by atoms with van der Waals surface area (Å²) in [6, 6.07) is 8.60. The van der Waals surface area contributed by atoms with E-state index < -0.39 is 0 Å². The number of phenols is 1. The van der Waals surface area contributed by atoms with Crippen LogP contribution in [0.2, 0.25) is 0 Å². The van der Waals surface area contributed by atoms with Gasteiger partial charge in [-0.3, -0.25) is 9.59 Å². The first-order valence-electron chi connectivity index (χ1n) is 6.35. The number of carbonyl (C=O) groups is 2. The molecule has 0 unspecified atom stereocenters. The summed E-state index contributed by atoms with van der Waals surface area (Å²) < 4.78 is 0. The highest BCUT2D eigenvalue weighted by Gasteiger charge is 2.11. The first kappa shape index (κ1) is 13.9. The maximum absolute atomic E-state index is 11.4. The van der Waals surface area contributed by atoms with Gasteiger partial charge in [0, 0.05) is 29.8 Å². The lowest BCUT2D eigenvalue weighted by molar-refractivity contribution is -0.116. The molecule has 0 aliphatic carbocycles. The summed E-state index contributed by atoms with van der Waals surface area (Å²) in [6.07, 6.45) is 0.337. The molecule has 0 fully saturated rings. The van der Waals surface area contributed by atoms with Crippen molar-refractivity contribution in [2.24, 2.45) is 0 Å². The first-order valence-corrected chi connectivity index (χ1v) is 6.35. The van der Waals surface area contributed by atoms with Crippen molar-refractivity contribution < 1.29 is 14.7 Å². The number of anilines is 2. The molecular weight excluding hydrogens is 256 g/mol. The number of hydrogen-bond acceptors (Lipinski definition) is 3. The summed E-state index contributed by atoms with van der Waals surface area (Å²) in [6.45, 7) is 3.16. The molecule has 2 rings (SSSR count). The number of benzene rings is 2. The van der Waals surface area contributed by atoms with Crippen molar-refractivity contribution in [3.8, 4) is 5.75 Å². The Hall–Kier alpha value is -2.56. The van der Waals surface area contributed by atoms with E-state index in [0.717, 1.165) is 5.39 Å². The predicted octanol–water partition coefficient (Wildman–Crippen LogP) is 2.85. The maximum Gasteiger partial charge on any atom is 0.224 e. The molecule has 2 aromatic carbocycles. The van der Waals surface area contributed by atoms with Crippen molar-refractivity contribution in [1.82, 2.24) is 0 Å². The van der Waals surface area contributed by atoms with E-state index in [0.29, 0.717) is 23.2 Å². The van der Waals surface area contributed by atoms with Crippen LogP contribution in [-0.4, -0.2) is 16.9 Å². The lowest BCUT2D eigenvalue weighted by Gasteiger charge is -2.12. The molecule has 2 amide bonds. The fourth-order valence-corrected chi connectivity index (χ4v) is 1.98. The Morgan fingerprint density at radius 3 is 2.45 bits per heavy atom. The smallest absolute Gasteiger partial charge is 0.224 e. The molecule has 0 aromatic heterocycles. The number of aromatic hydroxyl groups is 1. The third-order valence-corrected chi connectivity index (χ3v) is 2.94. The van der Waals surface area contributed by atoms with Gasteiger partial charge in [-0.2, -0.15) is 0 Å². The predicted molar refractivity (Wildman–Crippen MR) is 78.8 cm³/mol. The average molecular weight is 272 g/mol. The van der Waals surface area contributed by atoms with Crippen LogP contribution in [0.3, 0.4) is 0 Å². The van der Waals surface area contributed by atoms with Crippen molar-refractivity contribution >= 4 is 34.0 Å². The molecule has 20 heavy (non-hydrogen) atoms. The molecule has 0 radical (unpaired) electrons. The molecule has 0 saturated carbocycles. The second kappa shape index (κ2) is 5.61. The zero-order valence-corrected chi connectivity index (χ0v) is 11.4. The third kappa shape index (κ3) is 2.71. The lowest BCUT2D eigenvalue weighted by Crippen LogP contribution is -2.09. The van der Waals surface area contributed by atoms with Crippen LogP contribution >= 0.6 is 0 Å². The van der Waals surface area contributed by atoms with E-state index in [1.165, 1.54) is 6.92 Å². The van der Waals surface area contributed by atoms with Gasteiger partial charge in [0.2, 0.25) is 11.8 Å². The Morgan fingerprint density at radius 1 is 1.05 bits per heavy atom. The van der Waals surface area contributed by atoms with E-state index in [1.807, 2.05) is 0 Å². The average Bonchev–Trinajstić information content (AvgIpc) is 2.41. The molecule has 0 atom stereocenters. The van der Waals surface area contributed by atoms with Crippen LogP contribution in [0.4, 0.5) is 11.4 Å². The third-order valence-electron chi connectivity index (χ3n) is 2.94. The SMILES string of the molecule is CCC(=O)Nc1ccc2c(NC(C)=O)cccc2c1O. The minimum atomic E-state index is -0.180. The van der Waals surface area contributed by atoms with Crippen LogP contribution < -0.4 is 10.6 Å². The molecule has 5 heteroatoms. The topological polar surface area (TPSA) is 78.4 Å². The standard InChI is InChI=1S/C15H16N2O3/c1-3-14(19)17-13-8-7-10-11(15(13)20)5-4-6-12(10)16-9(2)18/h4-8,20H,3H2,1-2H3,(H,16,18)(H,17,19). The number of rotatable bonds is 3. The van der Waals surface area contributed by atoms with Crippen molar-refractivity contribution in [3.63, 3.8) is 0 Å². The van der Waals surface area contributed by atoms with Gasteiger partial charge in [0.15, 0.2) is 0 Å². The lowest BCUT2D eigenvalue weighted by atomic mass is 10.1. The number of fused-ring (bicyclic) bond motifs is 1. The van der Waals surface area contributed by atoms with Crippen LogP contribution in [0.1, 0.15) is 20.3 Å². The molecule has 0 aliphatic heterocycles. The van der Waals surface area contributed by atoms with Crippen LogP contribution in [-0.2, 0) is 9.59 Å². The van der Waals surface area contributed by atoms with Crippen LogP contribution in [0.15, 0.2) is 30.3 Å². The molecule has 0 saturated heterocycles. The van der Waals surface area contributed by atoms with E-state index in [-0.39, 0.29) is 17.6 Å². The van der Waals surface area contributed by atoms with Crippen molar-refractivity contribution in [1.29, 1.82) is 0 Å². The van der Waals surface area contributed by atoms with Gasteiger partial charge in [-0.05, 0) is 18.2 Å². The van der Waals surface area contributed by atoms with Gasteiger partial charge in [0.05, 0.1) is 5.69 Å². The summed E-state index contributed by atoms with van der Waals surface area (Å²) in [7, 11) is 0. The number of nitrogens with one attached hydrogen (secondary N) is 2.